The van der Waals surface area contributed by atoms with Gasteiger partial charge in [-0.1, -0.05) is 18.2 Å². The van der Waals surface area contributed by atoms with E-state index in [0.717, 1.165) is 31.5 Å². The molecule has 0 aliphatic rings. The molecule has 0 aliphatic carbocycles. The van der Waals surface area contributed by atoms with Gasteiger partial charge in [0.1, 0.15) is 11.4 Å². The summed E-state index contributed by atoms with van der Waals surface area (Å²) in [5.41, 5.74) is 8.63. The molecule has 8 heteroatoms. The summed E-state index contributed by atoms with van der Waals surface area (Å²) in [4.78, 5) is 22.0. The average molecular weight is 471 g/mol. The molecule has 0 saturated heterocycles. The zero-order valence-electron chi connectivity index (χ0n) is 15.6. The number of amides is 1. The van der Waals surface area contributed by atoms with Crippen molar-refractivity contribution in [2.45, 2.75) is 6.04 Å². The van der Waals surface area contributed by atoms with E-state index < -0.39 is 0 Å². The summed E-state index contributed by atoms with van der Waals surface area (Å²) >= 11 is 5.03. The second-order valence-electron chi connectivity index (χ2n) is 6.39. The minimum absolute atomic E-state index is 0.178. The van der Waals surface area contributed by atoms with Gasteiger partial charge >= 0.3 is 0 Å². The first kappa shape index (κ1) is 19.6. The van der Waals surface area contributed by atoms with Crippen molar-refractivity contribution in [2.24, 2.45) is 5.73 Å². The van der Waals surface area contributed by atoms with Crippen LogP contribution in [-0.2, 0) is 0 Å². The normalized spacial score (nSPS) is 12.1. The van der Waals surface area contributed by atoms with Gasteiger partial charge in [-0.3, -0.25) is 4.79 Å². The Labute approximate surface area is 180 Å². The van der Waals surface area contributed by atoms with Gasteiger partial charge in [0.15, 0.2) is 0 Å². The molecule has 0 bridgehead atoms. The van der Waals surface area contributed by atoms with E-state index in [4.69, 9.17) is 10.5 Å². The monoisotopic (exact) mass is 470 g/mol. The molecule has 148 valence electrons. The predicted octanol–water partition coefficient (Wildman–Crippen LogP) is 4.49. The van der Waals surface area contributed by atoms with Gasteiger partial charge in [0.05, 0.1) is 22.9 Å². The third kappa shape index (κ3) is 3.78. The van der Waals surface area contributed by atoms with E-state index in [2.05, 4.69) is 31.2 Å². The molecule has 0 saturated carbocycles. The summed E-state index contributed by atoms with van der Waals surface area (Å²) in [6.45, 7) is 0.264. The zero-order valence-corrected chi connectivity index (χ0v) is 18.0. The number of benzene rings is 1. The Morgan fingerprint density at radius 3 is 2.97 bits per heavy atom. The van der Waals surface area contributed by atoms with E-state index in [1.54, 1.807) is 13.3 Å². The number of H-pyrrole nitrogens is 1. The number of aromatic amines is 1. The summed E-state index contributed by atoms with van der Waals surface area (Å²) in [5.74, 6) is 0.519. The van der Waals surface area contributed by atoms with Gasteiger partial charge in [0.25, 0.3) is 5.91 Å². The second-order valence-corrected chi connectivity index (χ2v) is 8.30. The maximum absolute atomic E-state index is 13.0. The standard InChI is InChI=1S/C21H19BrN4O2S/c1-28-17-5-3-2-4-14(17)16(11-23)26-21(27)18-10-15(22)19(29-18)12-6-8-24-20-13(12)7-9-25-20/h2-10,16H,11,23H2,1H3,(H,24,25)(H,26,27). The fourth-order valence-corrected chi connectivity index (χ4v) is 5.10. The van der Waals surface area contributed by atoms with Crippen molar-refractivity contribution in [2.75, 3.05) is 13.7 Å². The Morgan fingerprint density at radius 2 is 2.17 bits per heavy atom. The van der Waals surface area contributed by atoms with Crippen LogP contribution in [0.1, 0.15) is 21.3 Å². The van der Waals surface area contributed by atoms with Crippen LogP contribution in [0.3, 0.4) is 0 Å². The van der Waals surface area contributed by atoms with Crippen molar-refractivity contribution in [3.05, 3.63) is 69.8 Å². The highest BCUT2D eigenvalue weighted by Gasteiger charge is 2.21. The Kier molecular flexibility index (Phi) is 5.66. The number of methoxy groups -OCH3 is 1. The minimum atomic E-state index is -0.347. The smallest absolute Gasteiger partial charge is 0.261 e. The highest BCUT2D eigenvalue weighted by atomic mass is 79.9. The number of nitrogens with zero attached hydrogens (tertiary/aromatic N) is 1. The third-order valence-corrected chi connectivity index (χ3v) is 6.73. The summed E-state index contributed by atoms with van der Waals surface area (Å²) in [5, 5.41) is 4.04. The van der Waals surface area contributed by atoms with Gasteiger partial charge in [-0.2, -0.15) is 0 Å². The second kappa shape index (κ2) is 8.36. The molecular weight excluding hydrogens is 452 g/mol. The fraction of sp³-hybridized carbons (Fsp3) is 0.143. The number of fused-ring (bicyclic) bond motifs is 1. The number of ether oxygens (including phenoxy) is 1. The number of nitrogens with one attached hydrogen (secondary N) is 2. The molecule has 3 heterocycles. The van der Waals surface area contributed by atoms with Crippen LogP contribution in [-0.4, -0.2) is 29.5 Å². The van der Waals surface area contributed by atoms with Crippen LogP contribution in [0.25, 0.3) is 21.5 Å². The Bertz CT molecular complexity index is 1170. The molecule has 0 fully saturated rings. The molecular formula is C21H19BrN4O2S. The maximum Gasteiger partial charge on any atom is 0.261 e. The molecule has 4 N–H and O–H groups in total. The van der Waals surface area contributed by atoms with Crippen molar-refractivity contribution >= 4 is 44.2 Å². The van der Waals surface area contributed by atoms with Crippen LogP contribution in [0.5, 0.6) is 5.75 Å². The molecule has 29 heavy (non-hydrogen) atoms. The average Bonchev–Trinajstić information content (AvgIpc) is 3.38. The Hall–Kier alpha value is -2.68. The number of pyridine rings is 1. The minimum Gasteiger partial charge on any atom is -0.496 e. The number of nitrogens with two attached hydrogens (primary N) is 1. The van der Waals surface area contributed by atoms with Gasteiger partial charge in [-0.05, 0) is 40.2 Å². The highest BCUT2D eigenvalue weighted by Crippen LogP contribution is 2.39. The van der Waals surface area contributed by atoms with Crippen molar-refractivity contribution in [1.82, 2.24) is 15.3 Å². The van der Waals surface area contributed by atoms with E-state index in [1.807, 2.05) is 48.7 Å². The lowest BCUT2D eigenvalue weighted by molar-refractivity contribution is 0.0941. The summed E-state index contributed by atoms with van der Waals surface area (Å²) in [7, 11) is 1.60. The first-order valence-electron chi connectivity index (χ1n) is 8.98. The third-order valence-electron chi connectivity index (χ3n) is 4.67. The van der Waals surface area contributed by atoms with Crippen molar-refractivity contribution in [1.29, 1.82) is 0 Å². The number of para-hydroxylation sites is 1. The number of carbonyl (C=O) groups excluding carboxylic acids is 1. The highest BCUT2D eigenvalue weighted by molar-refractivity contribution is 9.10. The van der Waals surface area contributed by atoms with Crippen molar-refractivity contribution in [3.8, 4) is 16.2 Å². The lowest BCUT2D eigenvalue weighted by atomic mass is 10.1. The number of carbonyl (C=O) groups is 1. The van der Waals surface area contributed by atoms with E-state index >= 15 is 0 Å². The van der Waals surface area contributed by atoms with Crippen LogP contribution in [0.15, 0.2) is 59.3 Å². The zero-order chi connectivity index (χ0) is 20.4. The maximum atomic E-state index is 13.0. The van der Waals surface area contributed by atoms with E-state index in [-0.39, 0.29) is 18.5 Å². The first-order valence-corrected chi connectivity index (χ1v) is 10.6. The molecule has 4 aromatic rings. The lowest BCUT2D eigenvalue weighted by Gasteiger charge is -2.19. The van der Waals surface area contributed by atoms with Gasteiger partial charge < -0.3 is 20.8 Å². The largest absolute Gasteiger partial charge is 0.496 e. The first-order chi connectivity index (χ1) is 14.1. The van der Waals surface area contributed by atoms with Crippen molar-refractivity contribution in [3.63, 3.8) is 0 Å². The number of hydrogen-bond donors (Lipinski definition) is 3. The van der Waals surface area contributed by atoms with Crippen LogP contribution in [0.4, 0.5) is 0 Å². The summed E-state index contributed by atoms with van der Waals surface area (Å²) in [6.07, 6.45) is 3.61. The van der Waals surface area contributed by atoms with E-state index in [0.29, 0.717) is 10.6 Å². The molecule has 3 aromatic heterocycles. The van der Waals surface area contributed by atoms with Crippen LogP contribution in [0.2, 0.25) is 0 Å². The number of rotatable bonds is 6. The topological polar surface area (TPSA) is 93.0 Å². The molecule has 1 aromatic carbocycles. The fourth-order valence-electron chi connectivity index (χ4n) is 3.27. The molecule has 0 aliphatic heterocycles. The van der Waals surface area contributed by atoms with Crippen LogP contribution < -0.4 is 15.8 Å². The van der Waals surface area contributed by atoms with E-state index in [9.17, 15) is 4.79 Å². The lowest BCUT2D eigenvalue weighted by Crippen LogP contribution is -2.33. The van der Waals surface area contributed by atoms with Gasteiger partial charge in [-0.25, -0.2) is 4.98 Å². The molecule has 0 spiro atoms. The molecule has 1 amide bonds. The van der Waals surface area contributed by atoms with E-state index in [1.165, 1.54) is 11.3 Å². The Balaban J connectivity index is 1.63. The summed E-state index contributed by atoms with van der Waals surface area (Å²) in [6, 6.07) is 13.0. The van der Waals surface area contributed by atoms with Gasteiger partial charge in [0, 0.05) is 39.9 Å². The van der Waals surface area contributed by atoms with Crippen LogP contribution in [0, 0.1) is 0 Å². The molecule has 1 atom stereocenters. The SMILES string of the molecule is COc1ccccc1C(CN)NC(=O)c1cc(Br)c(-c2ccnc3[nH]ccc23)s1. The van der Waals surface area contributed by atoms with Gasteiger partial charge in [-0.15, -0.1) is 11.3 Å². The molecule has 4 rings (SSSR count). The summed E-state index contributed by atoms with van der Waals surface area (Å²) < 4.78 is 6.27. The Morgan fingerprint density at radius 1 is 1.34 bits per heavy atom. The number of thiophene rings is 1. The number of halogens is 1. The van der Waals surface area contributed by atoms with Gasteiger partial charge in [0.2, 0.25) is 0 Å². The van der Waals surface area contributed by atoms with Crippen LogP contribution >= 0.6 is 27.3 Å². The quantitative estimate of drug-likeness (QED) is 0.386. The predicted molar refractivity (Wildman–Crippen MR) is 119 cm³/mol. The number of hydrogen-bond acceptors (Lipinski definition) is 5. The molecule has 6 nitrogen and oxygen atoms in total. The van der Waals surface area contributed by atoms with Crippen molar-refractivity contribution < 1.29 is 9.53 Å². The molecule has 1 unspecified atom stereocenters. The molecule has 0 radical (unpaired) electrons. The number of aromatic nitrogens is 2.